The number of carbonyl (C=O) groups excluding carboxylic acids is 2. The summed E-state index contributed by atoms with van der Waals surface area (Å²) in [6.07, 6.45) is 2.26. The van der Waals surface area contributed by atoms with E-state index in [-0.39, 0.29) is 42.5 Å². The van der Waals surface area contributed by atoms with Crippen molar-refractivity contribution in [2.24, 2.45) is 0 Å². The van der Waals surface area contributed by atoms with Gasteiger partial charge in [-0.2, -0.15) is 0 Å². The van der Waals surface area contributed by atoms with Gasteiger partial charge in [0.05, 0.1) is 30.4 Å². The van der Waals surface area contributed by atoms with Gasteiger partial charge in [-0.1, -0.05) is 11.3 Å². The van der Waals surface area contributed by atoms with Crippen LogP contribution in [0.25, 0.3) is 0 Å². The number of carbonyl (C=O) groups is 2. The fourth-order valence-electron chi connectivity index (χ4n) is 3.05. The molecule has 2 heterocycles. The van der Waals surface area contributed by atoms with E-state index in [9.17, 15) is 18.4 Å². The van der Waals surface area contributed by atoms with Crippen LogP contribution in [0.2, 0.25) is 0 Å². The van der Waals surface area contributed by atoms with Crippen molar-refractivity contribution in [2.75, 3.05) is 20.6 Å². The number of benzene rings is 1. The van der Waals surface area contributed by atoms with Crippen molar-refractivity contribution in [3.05, 3.63) is 47.3 Å². The van der Waals surface area contributed by atoms with Crippen LogP contribution in [0.1, 0.15) is 28.5 Å². The lowest BCUT2D eigenvalue weighted by molar-refractivity contribution is -0.122. The van der Waals surface area contributed by atoms with Gasteiger partial charge >= 0.3 is 0 Å². The van der Waals surface area contributed by atoms with E-state index in [1.165, 1.54) is 24.1 Å². The molecule has 1 aliphatic heterocycles. The zero-order valence-corrected chi connectivity index (χ0v) is 16.2. The van der Waals surface area contributed by atoms with Gasteiger partial charge in [-0.25, -0.2) is 13.5 Å². The third-order valence-corrected chi connectivity index (χ3v) is 4.53. The van der Waals surface area contributed by atoms with E-state index in [1.807, 2.05) is 0 Å². The molecule has 2 atom stereocenters. The van der Waals surface area contributed by atoms with Gasteiger partial charge in [0, 0.05) is 20.6 Å². The second-order valence-electron chi connectivity index (χ2n) is 6.42. The van der Waals surface area contributed by atoms with E-state index < -0.39 is 17.5 Å². The number of halogens is 3. The summed E-state index contributed by atoms with van der Waals surface area (Å²) < 4.78 is 28.8. The molecule has 1 saturated heterocycles. The largest absolute Gasteiger partial charge is 0.358 e. The smallest absolute Gasteiger partial charge is 0.257 e. The van der Waals surface area contributed by atoms with Gasteiger partial charge in [-0.05, 0) is 18.6 Å². The van der Waals surface area contributed by atoms with Crippen LogP contribution >= 0.6 is 12.4 Å². The Labute approximate surface area is 166 Å². The number of hydrogen-bond acceptors (Lipinski definition) is 5. The topological polar surface area (TPSA) is 92.2 Å². The normalized spacial score (nSPS) is 18.4. The van der Waals surface area contributed by atoms with Crippen LogP contribution in [-0.4, -0.2) is 58.4 Å². The summed E-state index contributed by atoms with van der Waals surface area (Å²) in [6.45, 7) is 0.665. The molecule has 28 heavy (non-hydrogen) atoms. The molecule has 0 unspecified atom stereocenters. The highest BCUT2D eigenvalue weighted by molar-refractivity contribution is 5.94. The molecule has 1 aromatic carbocycles. The molecule has 11 heteroatoms. The first-order valence-electron chi connectivity index (χ1n) is 8.46. The number of aromatic nitrogens is 3. The van der Waals surface area contributed by atoms with Crippen LogP contribution in [0.3, 0.4) is 0 Å². The highest BCUT2D eigenvalue weighted by Gasteiger charge is 2.30. The Hall–Kier alpha value is -2.59. The quantitative estimate of drug-likeness (QED) is 0.758. The third kappa shape index (κ3) is 4.45. The first kappa shape index (κ1) is 21.7. The van der Waals surface area contributed by atoms with Crippen molar-refractivity contribution in [3.8, 4) is 0 Å². The molecule has 1 aliphatic rings. The van der Waals surface area contributed by atoms with Gasteiger partial charge in [0.2, 0.25) is 5.91 Å². The Morgan fingerprint density at radius 1 is 1.39 bits per heavy atom. The SMILES string of the molecule is CNC(=O)[C@@H]1C[C@H](n2cc(CN(C)C(=O)c3cccc(F)c3F)nn2)CN1.Cl. The van der Waals surface area contributed by atoms with Crippen LogP contribution in [0.5, 0.6) is 0 Å². The van der Waals surface area contributed by atoms with Gasteiger partial charge in [0.25, 0.3) is 5.91 Å². The highest BCUT2D eigenvalue weighted by atomic mass is 35.5. The summed E-state index contributed by atoms with van der Waals surface area (Å²) in [5.41, 5.74) is 0.171. The van der Waals surface area contributed by atoms with Gasteiger partial charge in [0.1, 0.15) is 5.69 Å². The zero-order valence-electron chi connectivity index (χ0n) is 15.4. The molecule has 3 rings (SSSR count). The Kier molecular flexibility index (Phi) is 7.03. The van der Waals surface area contributed by atoms with Crippen molar-refractivity contribution in [2.45, 2.75) is 25.0 Å². The summed E-state index contributed by atoms with van der Waals surface area (Å²) in [4.78, 5) is 25.3. The van der Waals surface area contributed by atoms with Crippen molar-refractivity contribution in [3.63, 3.8) is 0 Å². The molecule has 0 aliphatic carbocycles. The second-order valence-corrected chi connectivity index (χ2v) is 6.42. The highest BCUT2D eigenvalue weighted by Crippen LogP contribution is 2.19. The maximum absolute atomic E-state index is 13.8. The fourth-order valence-corrected chi connectivity index (χ4v) is 3.05. The van der Waals surface area contributed by atoms with Crippen molar-refractivity contribution in [1.82, 2.24) is 30.5 Å². The molecule has 152 valence electrons. The van der Waals surface area contributed by atoms with E-state index in [1.54, 1.807) is 17.9 Å². The molecule has 0 radical (unpaired) electrons. The van der Waals surface area contributed by atoms with Gasteiger partial charge in [-0.15, -0.1) is 17.5 Å². The third-order valence-electron chi connectivity index (χ3n) is 4.53. The summed E-state index contributed by atoms with van der Waals surface area (Å²) in [6, 6.07) is 3.16. The van der Waals surface area contributed by atoms with E-state index >= 15 is 0 Å². The predicted octanol–water partition coefficient (Wildman–Crippen LogP) is 0.899. The zero-order chi connectivity index (χ0) is 19.6. The van der Waals surface area contributed by atoms with Gasteiger partial charge in [0.15, 0.2) is 11.6 Å². The maximum Gasteiger partial charge on any atom is 0.257 e. The molecule has 0 saturated carbocycles. The minimum Gasteiger partial charge on any atom is -0.358 e. The van der Waals surface area contributed by atoms with E-state index in [0.717, 1.165) is 6.07 Å². The van der Waals surface area contributed by atoms with E-state index in [0.29, 0.717) is 18.7 Å². The first-order chi connectivity index (χ1) is 12.9. The maximum atomic E-state index is 13.8. The Balaban J connectivity index is 0.00000280. The van der Waals surface area contributed by atoms with E-state index in [2.05, 4.69) is 20.9 Å². The molecule has 2 amide bonds. The Morgan fingerprint density at radius 3 is 2.86 bits per heavy atom. The summed E-state index contributed by atoms with van der Waals surface area (Å²) in [7, 11) is 3.06. The number of rotatable bonds is 5. The number of hydrogen-bond donors (Lipinski definition) is 2. The molecule has 2 N–H and O–H groups in total. The molecule has 1 fully saturated rings. The molecule has 2 aromatic rings. The average Bonchev–Trinajstić information content (AvgIpc) is 3.32. The molecular weight excluding hydrogens is 394 g/mol. The lowest BCUT2D eigenvalue weighted by Crippen LogP contribution is -2.38. The minimum atomic E-state index is -1.17. The van der Waals surface area contributed by atoms with Crippen LogP contribution in [0.4, 0.5) is 8.78 Å². The van der Waals surface area contributed by atoms with Crippen LogP contribution in [0, 0.1) is 11.6 Å². The minimum absolute atomic E-state index is 0. The van der Waals surface area contributed by atoms with Gasteiger partial charge in [-0.3, -0.25) is 9.59 Å². The molecule has 1 aromatic heterocycles. The number of nitrogens with zero attached hydrogens (tertiary/aromatic N) is 4. The lowest BCUT2D eigenvalue weighted by atomic mass is 10.1. The van der Waals surface area contributed by atoms with Crippen LogP contribution < -0.4 is 10.6 Å². The second kappa shape index (κ2) is 9.07. The standard InChI is InChI=1S/C17H20F2N6O2.ClH/c1-20-16(26)14-6-11(7-21-14)25-9-10(22-23-25)8-24(2)17(27)12-4-3-5-13(18)15(12)19;/h3-5,9,11,14,21H,6-8H2,1-2H3,(H,20,26);1H/t11-,14-;/m0./s1. The molecule has 8 nitrogen and oxygen atoms in total. The van der Waals surface area contributed by atoms with E-state index in [4.69, 9.17) is 0 Å². The predicted molar refractivity (Wildman–Crippen MR) is 98.9 cm³/mol. The molecular formula is C17H21ClF2N6O2. The molecule has 0 spiro atoms. The number of likely N-dealkylation sites (N-methyl/N-ethyl adjacent to an activating group) is 1. The van der Waals surface area contributed by atoms with Crippen molar-refractivity contribution < 1.29 is 18.4 Å². The van der Waals surface area contributed by atoms with Crippen molar-refractivity contribution >= 4 is 24.2 Å². The Morgan fingerprint density at radius 2 is 2.14 bits per heavy atom. The number of nitrogens with one attached hydrogen (secondary N) is 2. The summed E-state index contributed by atoms with van der Waals surface area (Å²) in [5.74, 6) is -2.97. The van der Waals surface area contributed by atoms with Gasteiger partial charge < -0.3 is 15.5 Å². The average molecular weight is 415 g/mol. The molecule has 0 bridgehead atoms. The lowest BCUT2D eigenvalue weighted by Gasteiger charge is -2.16. The monoisotopic (exact) mass is 414 g/mol. The summed E-state index contributed by atoms with van der Waals surface area (Å²) in [5, 5.41) is 13.8. The van der Waals surface area contributed by atoms with Crippen molar-refractivity contribution in [1.29, 1.82) is 0 Å². The first-order valence-corrected chi connectivity index (χ1v) is 8.46. The van der Waals surface area contributed by atoms with Crippen LogP contribution in [-0.2, 0) is 11.3 Å². The van der Waals surface area contributed by atoms with Crippen LogP contribution in [0.15, 0.2) is 24.4 Å². The fraction of sp³-hybridized carbons (Fsp3) is 0.412. The Bertz CT molecular complexity index is 862. The number of amides is 2. The summed E-state index contributed by atoms with van der Waals surface area (Å²) >= 11 is 0.